The topological polar surface area (TPSA) is 114 Å². The fraction of sp³-hybridized carbons (Fsp3) is 0.206. The monoisotopic (exact) mass is 582 g/mol. The maximum Gasteiger partial charge on any atom is 0.337 e. The van der Waals surface area contributed by atoms with E-state index in [1.54, 1.807) is 48.5 Å². The summed E-state index contributed by atoms with van der Waals surface area (Å²) < 4.78 is 25.5. The van der Waals surface area contributed by atoms with Crippen LogP contribution in [0.2, 0.25) is 0 Å². The number of aromatic carboxylic acids is 1. The number of rotatable bonds is 10. The second-order valence-corrected chi connectivity index (χ2v) is 10.4. The zero-order valence-corrected chi connectivity index (χ0v) is 23.3. The van der Waals surface area contributed by atoms with Crippen LogP contribution in [0.4, 0.5) is 10.1 Å². The van der Waals surface area contributed by atoms with Crippen LogP contribution in [0, 0.1) is 5.82 Å². The van der Waals surface area contributed by atoms with E-state index < -0.39 is 11.8 Å². The minimum Gasteiger partial charge on any atom is -0.490 e. The van der Waals surface area contributed by atoms with Gasteiger partial charge in [-0.05, 0) is 98.0 Å². The van der Waals surface area contributed by atoms with E-state index in [-0.39, 0.29) is 41.6 Å². The Labute approximate surface area is 248 Å². The highest BCUT2D eigenvalue weighted by molar-refractivity contribution is 6.01. The quantitative estimate of drug-likeness (QED) is 0.194. The Morgan fingerprint density at radius 1 is 0.791 bits per heavy atom. The Morgan fingerprint density at radius 3 is 2.12 bits per heavy atom. The minimum absolute atomic E-state index is 0.0285. The zero-order chi connectivity index (χ0) is 30.2. The average molecular weight is 583 g/mol. The maximum atomic E-state index is 13.4. The van der Waals surface area contributed by atoms with Crippen molar-refractivity contribution in [2.24, 2.45) is 0 Å². The van der Waals surface area contributed by atoms with Crippen LogP contribution in [0.1, 0.15) is 52.0 Å². The van der Waals surface area contributed by atoms with Gasteiger partial charge in [0, 0.05) is 11.6 Å². The van der Waals surface area contributed by atoms with Crippen LogP contribution < -0.4 is 20.1 Å². The first-order valence-corrected chi connectivity index (χ1v) is 14.0. The van der Waals surface area contributed by atoms with E-state index in [2.05, 4.69) is 10.6 Å². The second-order valence-electron chi connectivity index (χ2n) is 10.4. The number of hydrogen-bond acceptors (Lipinski definition) is 5. The number of carboxylic acid groups (broad SMARTS) is 1. The van der Waals surface area contributed by atoms with Gasteiger partial charge in [0.1, 0.15) is 23.1 Å². The molecule has 8 nitrogen and oxygen atoms in total. The molecular weight excluding hydrogens is 551 g/mol. The lowest BCUT2D eigenvalue weighted by molar-refractivity contribution is -0.115. The van der Waals surface area contributed by atoms with E-state index in [0.29, 0.717) is 17.1 Å². The van der Waals surface area contributed by atoms with Crippen LogP contribution in [-0.4, -0.2) is 35.0 Å². The van der Waals surface area contributed by atoms with E-state index in [9.17, 15) is 23.9 Å². The molecule has 1 saturated carbocycles. The summed E-state index contributed by atoms with van der Waals surface area (Å²) in [4.78, 5) is 36.2. The molecule has 4 aromatic rings. The lowest BCUT2D eigenvalue weighted by atomic mass is 9.92. The summed E-state index contributed by atoms with van der Waals surface area (Å²) >= 11 is 0. The summed E-state index contributed by atoms with van der Waals surface area (Å²) in [5.74, 6) is -0.158. The van der Waals surface area contributed by atoms with Gasteiger partial charge in [-0.15, -0.1) is 0 Å². The van der Waals surface area contributed by atoms with Gasteiger partial charge in [-0.2, -0.15) is 0 Å². The first-order chi connectivity index (χ1) is 20.8. The van der Waals surface area contributed by atoms with Crippen molar-refractivity contribution in [1.29, 1.82) is 0 Å². The SMILES string of the molecule is O=C(Cc1ccc(Oc2ccc(OC3CCC(NC(=O)c4cccc(F)c4)CC3)cc2)cc1)Nc1ccccc1C(=O)O. The normalized spacial score (nSPS) is 16.1. The maximum absolute atomic E-state index is 13.4. The van der Waals surface area contributed by atoms with Crippen molar-refractivity contribution in [3.63, 3.8) is 0 Å². The summed E-state index contributed by atoms with van der Waals surface area (Å²) in [5.41, 5.74) is 1.36. The third kappa shape index (κ3) is 8.19. The van der Waals surface area contributed by atoms with Crippen molar-refractivity contribution in [3.8, 4) is 17.2 Å². The van der Waals surface area contributed by atoms with Crippen LogP contribution in [0.15, 0.2) is 97.1 Å². The fourth-order valence-corrected chi connectivity index (χ4v) is 4.97. The highest BCUT2D eigenvalue weighted by Crippen LogP contribution is 2.28. The second kappa shape index (κ2) is 13.7. The van der Waals surface area contributed by atoms with Gasteiger partial charge >= 0.3 is 5.97 Å². The van der Waals surface area contributed by atoms with Crippen LogP contribution in [0.3, 0.4) is 0 Å². The predicted molar refractivity (Wildman–Crippen MR) is 159 cm³/mol. The number of anilines is 1. The van der Waals surface area contributed by atoms with Gasteiger partial charge in [0.25, 0.3) is 5.91 Å². The Balaban J connectivity index is 1.06. The van der Waals surface area contributed by atoms with Crippen LogP contribution in [-0.2, 0) is 11.2 Å². The summed E-state index contributed by atoms with van der Waals surface area (Å²) in [6.07, 6.45) is 3.27. The van der Waals surface area contributed by atoms with Crippen molar-refractivity contribution in [1.82, 2.24) is 5.32 Å². The molecule has 0 spiro atoms. The zero-order valence-electron chi connectivity index (χ0n) is 23.3. The molecule has 1 aliphatic rings. The average Bonchev–Trinajstić information content (AvgIpc) is 3.00. The first-order valence-electron chi connectivity index (χ1n) is 14.0. The number of carbonyl (C=O) groups is 3. The van der Waals surface area contributed by atoms with E-state index in [0.717, 1.165) is 37.0 Å². The molecule has 9 heteroatoms. The summed E-state index contributed by atoms with van der Waals surface area (Å²) in [7, 11) is 0. The smallest absolute Gasteiger partial charge is 0.337 e. The fourth-order valence-electron chi connectivity index (χ4n) is 4.97. The summed E-state index contributed by atoms with van der Waals surface area (Å²) in [6.45, 7) is 0. The number of benzene rings is 4. The number of nitrogens with one attached hydrogen (secondary N) is 2. The van der Waals surface area contributed by atoms with E-state index in [4.69, 9.17) is 9.47 Å². The van der Waals surface area contributed by atoms with Gasteiger partial charge in [-0.1, -0.05) is 30.3 Å². The standard InChI is InChI=1S/C34H31FN2O6/c35-24-5-3-4-23(21-24)33(39)36-25-10-14-27(15-11-25)43-29-18-16-28(17-19-29)42-26-12-8-22(9-13-26)20-32(38)37-31-7-2-1-6-30(31)34(40)41/h1-9,12-13,16-19,21,25,27H,10-11,14-15,20H2,(H,36,39)(H,37,38)(H,40,41). The molecule has 1 aliphatic carbocycles. The molecule has 0 atom stereocenters. The number of amides is 2. The van der Waals surface area contributed by atoms with E-state index in [1.165, 1.54) is 24.3 Å². The highest BCUT2D eigenvalue weighted by Gasteiger charge is 2.24. The number of para-hydroxylation sites is 1. The van der Waals surface area contributed by atoms with Gasteiger partial charge in [-0.25, -0.2) is 9.18 Å². The summed E-state index contributed by atoms with van der Waals surface area (Å²) in [6, 6.07) is 26.4. The molecule has 4 aromatic carbocycles. The molecule has 43 heavy (non-hydrogen) atoms. The van der Waals surface area contributed by atoms with Gasteiger partial charge in [0.05, 0.1) is 23.8 Å². The molecule has 220 valence electrons. The van der Waals surface area contributed by atoms with Crippen molar-refractivity contribution >= 4 is 23.5 Å². The molecular formula is C34H31FN2O6. The molecule has 0 radical (unpaired) electrons. The molecule has 2 amide bonds. The number of carboxylic acids is 1. The molecule has 1 fully saturated rings. The molecule has 0 aromatic heterocycles. The predicted octanol–water partition coefficient (Wildman–Crippen LogP) is 6.62. The lowest BCUT2D eigenvalue weighted by Crippen LogP contribution is -2.39. The van der Waals surface area contributed by atoms with Crippen molar-refractivity contribution < 1.29 is 33.4 Å². The molecule has 5 rings (SSSR count). The molecule has 0 aliphatic heterocycles. The van der Waals surface area contributed by atoms with Gasteiger partial charge in [-0.3, -0.25) is 9.59 Å². The Hall–Kier alpha value is -5.18. The molecule has 0 bridgehead atoms. The number of ether oxygens (including phenoxy) is 2. The third-order valence-corrected chi connectivity index (χ3v) is 7.18. The van der Waals surface area contributed by atoms with Crippen molar-refractivity contribution in [3.05, 3.63) is 120 Å². The van der Waals surface area contributed by atoms with Gasteiger partial charge in [0.15, 0.2) is 0 Å². The lowest BCUT2D eigenvalue weighted by Gasteiger charge is -2.29. The number of carbonyl (C=O) groups excluding carboxylic acids is 2. The van der Waals surface area contributed by atoms with Crippen LogP contribution in [0.5, 0.6) is 17.2 Å². The largest absolute Gasteiger partial charge is 0.490 e. The first kappa shape index (κ1) is 29.3. The van der Waals surface area contributed by atoms with Crippen LogP contribution in [0.25, 0.3) is 0 Å². The Kier molecular flexibility index (Phi) is 9.31. The number of hydrogen-bond donors (Lipinski definition) is 3. The van der Waals surface area contributed by atoms with Crippen LogP contribution >= 0.6 is 0 Å². The molecule has 0 unspecified atom stereocenters. The Morgan fingerprint density at radius 2 is 1.44 bits per heavy atom. The number of halogens is 1. The van der Waals surface area contributed by atoms with Gasteiger partial charge < -0.3 is 25.2 Å². The van der Waals surface area contributed by atoms with Crippen molar-refractivity contribution in [2.75, 3.05) is 5.32 Å². The van der Waals surface area contributed by atoms with E-state index >= 15 is 0 Å². The third-order valence-electron chi connectivity index (χ3n) is 7.18. The van der Waals surface area contributed by atoms with Gasteiger partial charge in [0.2, 0.25) is 5.91 Å². The summed E-state index contributed by atoms with van der Waals surface area (Å²) in [5, 5.41) is 14.9. The molecule has 3 N–H and O–H groups in total. The Bertz CT molecular complexity index is 1580. The van der Waals surface area contributed by atoms with E-state index in [1.807, 2.05) is 24.3 Å². The highest BCUT2D eigenvalue weighted by atomic mass is 19.1. The van der Waals surface area contributed by atoms with Crippen molar-refractivity contribution in [2.45, 2.75) is 44.2 Å². The molecule has 0 saturated heterocycles. The molecule has 0 heterocycles. The minimum atomic E-state index is -1.11.